The molecular weight excluding hydrogens is 871 g/mol. The van der Waals surface area contributed by atoms with Gasteiger partial charge in [0.05, 0.1) is 32.0 Å². The number of carbonyl (C=O) groups is 1. The fraction of sp³-hybridized carbons (Fsp3) is 0.944. The van der Waals surface area contributed by atoms with Gasteiger partial charge in [-0.2, -0.15) is 0 Å². The molecule has 0 spiro atoms. The van der Waals surface area contributed by atoms with E-state index in [-0.39, 0.29) is 12.5 Å². The molecule has 0 bridgehead atoms. The molecule has 14 nitrogen and oxygen atoms in total. The van der Waals surface area contributed by atoms with Crippen LogP contribution in [-0.4, -0.2) is 140 Å². The van der Waals surface area contributed by atoms with Crippen LogP contribution in [0, 0.1) is 0 Å². The molecule has 402 valence electrons. The van der Waals surface area contributed by atoms with Crippen LogP contribution in [0.25, 0.3) is 0 Å². The van der Waals surface area contributed by atoms with E-state index in [9.17, 15) is 45.6 Å². The van der Waals surface area contributed by atoms with Crippen molar-refractivity contribution in [1.82, 2.24) is 5.32 Å². The van der Waals surface area contributed by atoms with Gasteiger partial charge in [0.2, 0.25) is 5.91 Å². The maximum absolute atomic E-state index is 13.2. The quantitative estimate of drug-likeness (QED) is 0.0207. The summed E-state index contributed by atoms with van der Waals surface area (Å²) in [5.74, 6) is -0.209. The van der Waals surface area contributed by atoms with Crippen molar-refractivity contribution in [3.63, 3.8) is 0 Å². The number of nitrogens with one attached hydrogen (secondary N) is 1. The minimum atomic E-state index is -1.78. The van der Waals surface area contributed by atoms with E-state index >= 15 is 0 Å². The first-order valence-corrected chi connectivity index (χ1v) is 27.9. The molecule has 2 heterocycles. The summed E-state index contributed by atoms with van der Waals surface area (Å²) in [5.41, 5.74) is 0. The van der Waals surface area contributed by atoms with Gasteiger partial charge in [0.1, 0.15) is 48.8 Å². The molecule has 0 aromatic heterocycles. The SMILES string of the molecule is CCCCCCCC/C=C\CCCCCCCCCC(=O)NC(COC1OC(CO)C(OC2OC(CO)C(O)C(O)C2O)C(O)C1O)C(O)CCCCCCCCCCCCCCCCCCC. The number of unbranched alkanes of at least 4 members (excludes halogenated alkanes) is 29. The summed E-state index contributed by atoms with van der Waals surface area (Å²) in [6, 6.07) is -0.827. The molecule has 14 heteroatoms. The van der Waals surface area contributed by atoms with Crippen molar-refractivity contribution < 1.29 is 64.6 Å². The van der Waals surface area contributed by atoms with Gasteiger partial charge in [-0.05, 0) is 38.5 Å². The van der Waals surface area contributed by atoms with Gasteiger partial charge in [-0.3, -0.25) is 4.79 Å². The average Bonchev–Trinajstić information content (AvgIpc) is 3.34. The Morgan fingerprint density at radius 2 is 0.926 bits per heavy atom. The van der Waals surface area contributed by atoms with Gasteiger partial charge in [0, 0.05) is 6.42 Å². The lowest BCUT2D eigenvalue weighted by molar-refractivity contribution is -0.359. The highest BCUT2D eigenvalue weighted by Crippen LogP contribution is 2.30. The van der Waals surface area contributed by atoms with E-state index in [0.717, 1.165) is 57.8 Å². The topological polar surface area (TPSA) is 228 Å². The van der Waals surface area contributed by atoms with Crippen LogP contribution in [0.5, 0.6) is 0 Å². The number of ether oxygens (including phenoxy) is 4. The highest BCUT2D eigenvalue weighted by atomic mass is 16.7. The van der Waals surface area contributed by atoms with Crippen LogP contribution in [0.2, 0.25) is 0 Å². The molecule has 0 aliphatic carbocycles. The van der Waals surface area contributed by atoms with Crippen molar-refractivity contribution in [2.24, 2.45) is 0 Å². The molecule has 2 aliphatic heterocycles. The van der Waals surface area contributed by atoms with Crippen LogP contribution in [0.3, 0.4) is 0 Å². The Morgan fingerprint density at radius 1 is 0.515 bits per heavy atom. The zero-order valence-electron chi connectivity index (χ0n) is 42.9. The van der Waals surface area contributed by atoms with Crippen LogP contribution in [0.4, 0.5) is 0 Å². The van der Waals surface area contributed by atoms with Crippen LogP contribution in [0.1, 0.15) is 232 Å². The first-order chi connectivity index (χ1) is 33.1. The van der Waals surface area contributed by atoms with Crippen molar-refractivity contribution in [2.45, 2.75) is 306 Å². The maximum atomic E-state index is 13.2. The summed E-state index contributed by atoms with van der Waals surface area (Å²) in [4.78, 5) is 13.2. The summed E-state index contributed by atoms with van der Waals surface area (Å²) >= 11 is 0. The van der Waals surface area contributed by atoms with Crippen molar-refractivity contribution in [2.75, 3.05) is 19.8 Å². The number of carbonyl (C=O) groups excluding carboxylic acids is 1. The van der Waals surface area contributed by atoms with Gasteiger partial charge in [-0.15, -0.1) is 0 Å². The third-order valence-electron chi connectivity index (χ3n) is 14.0. The van der Waals surface area contributed by atoms with E-state index < -0.39 is 86.8 Å². The molecule has 2 aliphatic rings. The van der Waals surface area contributed by atoms with E-state index in [4.69, 9.17) is 18.9 Å². The zero-order chi connectivity index (χ0) is 49.6. The molecule has 2 saturated heterocycles. The Kier molecular flexibility index (Phi) is 38.1. The Balaban J connectivity index is 1.79. The summed E-state index contributed by atoms with van der Waals surface area (Å²) in [6.07, 6.45) is 27.7. The van der Waals surface area contributed by atoms with Gasteiger partial charge < -0.3 is 65.1 Å². The van der Waals surface area contributed by atoms with E-state index in [1.54, 1.807) is 0 Å². The van der Waals surface area contributed by atoms with Crippen molar-refractivity contribution in [1.29, 1.82) is 0 Å². The average molecular weight is 974 g/mol. The first kappa shape index (κ1) is 62.8. The molecule has 68 heavy (non-hydrogen) atoms. The molecule has 0 aromatic carbocycles. The lowest BCUT2D eigenvalue weighted by atomic mass is 9.97. The normalized spacial score (nSPS) is 26.4. The van der Waals surface area contributed by atoms with Crippen LogP contribution < -0.4 is 5.32 Å². The molecule has 0 aromatic rings. The monoisotopic (exact) mass is 974 g/mol. The Labute approximate surface area is 412 Å². The largest absolute Gasteiger partial charge is 0.394 e. The summed E-state index contributed by atoms with van der Waals surface area (Å²) in [5, 5.41) is 87.1. The minimum Gasteiger partial charge on any atom is -0.394 e. The van der Waals surface area contributed by atoms with Gasteiger partial charge in [-0.1, -0.05) is 199 Å². The van der Waals surface area contributed by atoms with E-state index in [1.807, 2.05) is 0 Å². The predicted octanol–water partition coefficient (Wildman–Crippen LogP) is 8.33. The number of allylic oxidation sites excluding steroid dienone is 2. The molecule has 1 amide bonds. The number of aliphatic hydroxyl groups excluding tert-OH is 8. The zero-order valence-corrected chi connectivity index (χ0v) is 42.9. The molecule has 2 rings (SSSR count). The van der Waals surface area contributed by atoms with Crippen LogP contribution in [0.15, 0.2) is 12.2 Å². The fourth-order valence-corrected chi connectivity index (χ4v) is 9.41. The van der Waals surface area contributed by atoms with Crippen molar-refractivity contribution >= 4 is 5.91 Å². The smallest absolute Gasteiger partial charge is 0.220 e. The number of aliphatic hydroxyl groups is 8. The highest BCUT2D eigenvalue weighted by Gasteiger charge is 2.51. The van der Waals surface area contributed by atoms with Crippen molar-refractivity contribution in [3.05, 3.63) is 12.2 Å². The number of amides is 1. The molecule has 9 N–H and O–H groups in total. The van der Waals surface area contributed by atoms with Gasteiger partial charge >= 0.3 is 0 Å². The minimum absolute atomic E-state index is 0.209. The predicted molar refractivity (Wildman–Crippen MR) is 268 cm³/mol. The van der Waals surface area contributed by atoms with Crippen LogP contribution >= 0.6 is 0 Å². The van der Waals surface area contributed by atoms with Crippen molar-refractivity contribution in [3.8, 4) is 0 Å². The Morgan fingerprint density at radius 3 is 1.40 bits per heavy atom. The third-order valence-corrected chi connectivity index (χ3v) is 14.0. The molecule has 12 atom stereocenters. The molecule has 0 saturated carbocycles. The lowest BCUT2D eigenvalue weighted by Crippen LogP contribution is -2.65. The maximum Gasteiger partial charge on any atom is 0.220 e. The summed E-state index contributed by atoms with van der Waals surface area (Å²) in [6.45, 7) is 2.87. The van der Waals surface area contributed by atoms with E-state index in [0.29, 0.717) is 12.8 Å². The number of rotatable bonds is 44. The third kappa shape index (κ3) is 27.5. The Hall–Kier alpha value is -1.27. The lowest BCUT2D eigenvalue weighted by Gasteiger charge is -2.46. The second-order valence-corrected chi connectivity index (χ2v) is 20.1. The molecular formula is C54H103NO13. The fourth-order valence-electron chi connectivity index (χ4n) is 9.41. The van der Waals surface area contributed by atoms with Crippen LogP contribution in [-0.2, 0) is 23.7 Å². The van der Waals surface area contributed by atoms with E-state index in [1.165, 1.54) is 148 Å². The first-order valence-electron chi connectivity index (χ1n) is 27.9. The standard InChI is InChI=1S/C54H103NO13/c1-3-5-7-9-11-13-15-17-19-21-23-25-27-29-31-33-35-37-43(58)42(55-46(59)38-36-34-32-30-28-26-24-22-20-18-16-14-12-10-8-6-4-2)41-65-53-51(64)49(62)52(45(40-57)67-53)68-54-50(63)48(61)47(60)44(39-56)66-54/h18,20,42-45,47-54,56-58,60-64H,3-17,19,21-41H2,1-2H3,(H,55,59)/b20-18-. The second kappa shape index (κ2) is 41.2. The van der Waals surface area contributed by atoms with Gasteiger partial charge in [0.25, 0.3) is 0 Å². The summed E-state index contributed by atoms with van der Waals surface area (Å²) < 4.78 is 22.8. The molecule has 0 radical (unpaired) electrons. The molecule has 2 fully saturated rings. The number of hydrogen-bond donors (Lipinski definition) is 9. The molecule has 12 unspecified atom stereocenters. The van der Waals surface area contributed by atoms with Gasteiger partial charge in [0.15, 0.2) is 12.6 Å². The second-order valence-electron chi connectivity index (χ2n) is 20.1. The van der Waals surface area contributed by atoms with Gasteiger partial charge in [-0.25, -0.2) is 0 Å². The summed E-state index contributed by atoms with van der Waals surface area (Å²) in [7, 11) is 0. The highest BCUT2D eigenvalue weighted by molar-refractivity contribution is 5.76. The number of hydrogen-bond acceptors (Lipinski definition) is 13. The Bertz CT molecular complexity index is 1200. The van der Waals surface area contributed by atoms with E-state index in [2.05, 4.69) is 31.3 Å².